The molecule has 0 aromatic rings. The van der Waals surface area contributed by atoms with Crippen LogP contribution in [0.4, 0.5) is 0 Å². The van der Waals surface area contributed by atoms with E-state index in [-0.39, 0.29) is 12.8 Å². The van der Waals surface area contributed by atoms with Crippen LogP contribution in [0.1, 0.15) is 60.7 Å². The van der Waals surface area contributed by atoms with E-state index >= 15 is 0 Å². The summed E-state index contributed by atoms with van der Waals surface area (Å²) in [4.78, 5) is 12.3. The number of nitrogens with one attached hydrogen (secondary N) is 1. The smallest absolute Gasteiger partial charge is 0.141 e. The Bertz CT molecular complexity index is 263. The van der Waals surface area contributed by atoms with Gasteiger partial charge in [-0.05, 0) is 45.1 Å². The molecule has 0 amide bonds. The van der Waals surface area contributed by atoms with E-state index in [1.165, 1.54) is 19.3 Å². The van der Waals surface area contributed by atoms with Crippen molar-refractivity contribution in [3.8, 4) is 0 Å². The van der Waals surface area contributed by atoms with Crippen LogP contribution in [0.15, 0.2) is 0 Å². The van der Waals surface area contributed by atoms with Gasteiger partial charge in [-0.25, -0.2) is 0 Å². The summed E-state index contributed by atoms with van der Waals surface area (Å²) in [5.74, 6) is 0.738. The lowest BCUT2D eigenvalue weighted by atomic mass is 9.54. The van der Waals surface area contributed by atoms with Crippen molar-refractivity contribution >= 4 is 5.78 Å². The Kier molecular flexibility index (Phi) is 3.13. The molecule has 0 radical (unpaired) electrons. The van der Waals surface area contributed by atoms with Crippen LogP contribution in [-0.4, -0.2) is 17.9 Å². The van der Waals surface area contributed by atoms with Crippen molar-refractivity contribution in [2.24, 2.45) is 11.3 Å². The van der Waals surface area contributed by atoms with Gasteiger partial charge in [0.2, 0.25) is 0 Å². The van der Waals surface area contributed by atoms with Gasteiger partial charge in [-0.1, -0.05) is 20.8 Å². The van der Waals surface area contributed by atoms with Gasteiger partial charge < -0.3 is 5.32 Å². The van der Waals surface area contributed by atoms with E-state index in [1.807, 2.05) is 0 Å². The summed E-state index contributed by atoms with van der Waals surface area (Å²) in [5, 5.41) is 3.66. The van der Waals surface area contributed by atoms with Crippen molar-refractivity contribution < 1.29 is 6.22 Å². The van der Waals surface area contributed by atoms with Crippen LogP contribution >= 0.6 is 0 Å². The molecule has 3 rings (SSSR count). The number of carbonyl (C=O) groups excluding carboxylic acids is 1. The molecule has 0 aromatic carbocycles. The van der Waals surface area contributed by atoms with E-state index in [2.05, 4.69) is 26.1 Å². The molecule has 2 nitrogen and oxygen atoms in total. The van der Waals surface area contributed by atoms with Crippen LogP contribution in [0.3, 0.4) is 0 Å². The number of Topliss-reactive ketones (excluding diaryl/α,β-unsaturated/α-hetero) is 1. The first kappa shape index (κ1) is 12.1. The molecule has 0 aliphatic heterocycles. The number of hydrogen-bond donors (Lipinski definition) is 1. The fourth-order valence-electron chi connectivity index (χ4n) is 3.81. The fourth-order valence-corrected chi connectivity index (χ4v) is 3.81. The fraction of sp³-hybridized carbons (Fsp3) is 0.929. The summed E-state index contributed by atoms with van der Waals surface area (Å²) in [6.07, 6.45) is 6.99. The molecule has 2 bridgehead atoms. The summed E-state index contributed by atoms with van der Waals surface area (Å²) >= 11 is 0. The Balaban J connectivity index is 0.00000144. The summed E-state index contributed by atoms with van der Waals surface area (Å²) in [7, 11) is 0. The maximum absolute atomic E-state index is 12.3. The third-order valence-electron chi connectivity index (χ3n) is 4.85. The second kappa shape index (κ2) is 4.14. The molecule has 0 heterocycles. The molecule has 3 aliphatic carbocycles. The molecule has 94 valence electrons. The largest absolute Gasteiger partial charge is 0.312 e. The van der Waals surface area contributed by atoms with Gasteiger partial charge in [-0.2, -0.15) is 0 Å². The Hall–Kier alpha value is -0.370. The van der Waals surface area contributed by atoms with Gasteiger partial charge in [0.15, 0.2) is 0 Å². The van der Waals surface area contributed by atoms with Crippen LogP contribution in [0, 0.1) is 11.3 Å². The molecule has 2 heteroatoms. The van der Waals surface area contributed by atoms with Crippen LogP contribution in [0.2, 0.25) is 0 Å². The van der Waals surface area contributed by atoms with Crippen molar-refractivity contribution in [1.29, 1.82) is 0 Å². The molecule has 0 saturated heterocycles. The van der Waals surface area contributed by atoms with Crippen molar-refractivity contribution in [2.75, 3.05) is 6.54 Å². The first-order chi connectivity index (χ1) is 7.54. The third kappa shape index (κ3) is 1.81. The van der Waals surface area contributed by atoms with Crippen molar-refractivity contribution in [3.63, 3.8) is 0 Å². The Morgan fingerprint density at radius 1 is 1.19 bits per heavy atom. The predicted molar refractivity (Wildman–Crippen MR) is 68.5 cm³/mol. The molecule has 1 N–H and O–H groups in total. The van der Waals surface area contributed by atoms with Crippen molar-refractivity contribution in [3.05, 3.63) is 0 Å². The quantitative estimate of drug-likeness (QED) is 0.796. The van der Waals surface area contributed by atoms with Crippen LogP contribution in [0.5, 0.6) is 0 Å². The minimum Gasteiger partial charge on any atom is -0.312 e. The average Bonchev–Trinajstić information content (AvgIpc) is 2.30. The molecule has 0 atom stereocenters. The molecule has 3 aliphatic rings. The lowest BCUT2D eigenvalue weighted by Gasteiger charge is -2.53. The summed E-state index contributed by atoms with van der Waals surface area (Å²) in [6.45, 7) is 7.35. The number of carbonyl (C=O) groups is 1. The molecule has 16 heavy (non-hydrogen) atoms. The van der Waals surface area contributed by atoms with E-state index in [9.17, 15) is 4.79 Å². The van der Waals surface area contributed by atoms with Gasteiger partial charge in [-0.15, -0.1) is 0 Å². The van der Waals surface area contributed by atoms with Crippen molar-refractivity contribution in [1.82, 2.24) is 5.32 Å². The number of fused-ring (bicyclic) bond motifs is 3. The SMILES string of the molecule is CCNC12CCC(C(=O)C(C)C)(CC1)CC2.[HH]. The van der Waals surface area contributed by atoms with E-state index in [1.54, 1.807) is 0 Å². The number of hydrogen-bond acceptors (Lipinski definition) is 2. The molecule has 3 saturated carbocycles. The van der Waals surface area contributed by atoms with E-state index in [4.69, 9.17) is 0 Å². The second-order valence-corrected chi connectivity index (χ2v) is 6.11. The predicted octanol–water partition coefficient (Wildman–Crippen LogP) is 3.16. The highest BCUT2D eigenvalue weighted by molar-refractivity contribution is 5.86. The third-order valence-corrected chi connectivity index (χ3v) is 4.85. The van der Waals surface area contributed by atoms with Gasteiger partial charge in [0.05, 0.1) is 0 Å². The zero-order valence-corrected chi connectivity index (χ0v) is 10.9. The molecule has 3 fully saturated rings. The van der Waals surface area contributed by atoms with Gasteiger partial charge in [-0.3, -0.25) is 4.79 Å². The maximum Gasteiger partial charge on any atom is 0.141 e. The van der Waals surface area contributed by atoms with Gasteiger partial charge >= 0.3 is 0 Å². The Morgan fingerprint density at radius 2 is 1.69 bits per heavy atom. The minimum atomic E-state index is 0. The highest BCUT2D eigenvalue weighted by Crippen LogP contribution is 2.53. The summed E-state index contributed by atoms with van der Waals surface area (Å²) in [5.41, 5.74) is 0.444. The zero-order chi connectivity index (χ0) is 11.8. The van der Waals surface area contributed by atoms with Gasteiger partial charge in [0.25, 0.3) is 0 Å². The normalized spacial score (nSPS) is 38.0. The van der Waals surface area contributed by atoms with Crippen molar-refractivity contribution in [2.45, 2.75) is 64.8 Å². The van der Waals surface area contributed by atoms with Crippen LogP contribution < -0.4 is 5.32 Å². The number of rotatable bonds is 4. The van der Waals surface area contributed by atoms with E-state index in [0.717, 1.165) is 25.8 Å². The van der Waals surface area contributed by atoms with Gasteiger partial charge in [0, 0.05) is 18.3 Å². The second-order valence-electron chi connectivity index (χ2n) is 6.11. The van der Waals surface area contributed by atoms with Crippen LogP contribution in [0.25, 0.3) is 0 Å². The molecular formula is C14H27NO. The lowest BCUT2D eigenvalue weighted by Crippen LogP contribution is -2.57. The summed E-state index contributed by atoms with van der Waals surface area (Å²) < 4.78 is 0. The average molecular weight is 225 g/mol. The Morgan fingerprint density at radius 3 is 2.06 bits per heavy atom. The number of ketones is 1. The molecule has 0 spiro atoms. The van der Waals surface area contributed by atoms with E-state index in [0.29, 0.717) is 11.3 Å². The summed E-state index contributed by atoms with van der Waals surface area (Å²) in [6, 6.07) is 0. The maximum atomic E-state index is 12.3. The standard InChI is InChI=1S/C14H25NO.H2/c1-4-15-14-8-5-13(6-9-14,7-10-14)12(16)11(2)3;/h11,15H,4-10H2,1-3H3;1H. The highest BCUT2D eigenvalue weighted by atomic mass is 16.1. The van der Waals surface area contributed by atoms with E-state index < -0.39 is 0 Å². The first-order valence-electron chi connectivity index (χ1n) is 6.83. The van der Waals surface area contributed by atoms with Crippen LogP contribution in [-0.2, 0) is 4.79 Å². The monoisotopic (exact) mass is 225 g/mol. The topological polar surface area (TPSA) is 29.1 Å². The first-order valence-corrected chi connectivity index (χ1v) is 6.83. The minimum absolute atomic E-state index is 0. The molecular weight excluding hydrogens is 198 g/mol. The zero-order valence-electron chi connectivity index (χ0n) is 10.9. The molecule has 0 aromatic heterocycles. The highest BCUT2D eigenvalue weighted by Gasteiger charge is 2.51. The molecule has 0 unspecified atom stereocenters. The lowest BCUT2D eigenvalue weighted by molar-refractivity contribution is -0.139. The Labute approximate surface area is 101 Å². The van der Waals surface area contributed by atoms with Gasteiger partial charge in [0.1, 0.15) is 5.78 Å².